The van der Waals surface area contributed by atoms with Crippen molar-refractivity contribution in [1.29, 1.82) is 0 Å². The molecule has 1 amide bonds. The third-order valence-electron chi connectivity index (χ3n) is 7.29. The third kappa shape index (κ3) is 5.95. The molecule has 10 heteroatoms. The van der Waals surface area contributed by atoms with Crippen LogP contribution in [-0.2, 0) is 16.1 Å². The van der Waals surface area contributed by atoms with Crippen molar-refractivity contribution in [2.75, 3.05) is 38.1 Å². The van der Waals surface area contributed by atoms with Crippen LogP contribution in [0.2, 0.25) is 0 Å². The molecule has 0 saturated carbocycles. The van der Waals surface area contributed by atoms with Crippen molar-refractivity contribution in [3.8, 4) is 0 Å². The van der Waals surface area contributed by atoms with Gasteiger partial charge in [-0.3, -0.25) is 9.69 Å². The van der Waals surface area contributed by atoms with Gasteiger partial charge < -0.3 is 19.6 Å². The highest BCUT2D eigenvalue weighted by Gasteiger charge is 2.41. The number of likely N-dealkylation sites (tertiary alicyclic amines) is 1. The van der Waals surface area contributed by atoms with E-state index in [9.17, 15) is 27.9 Å². The molecule has 2 heterocycles. The van der Waals surface area contributed by atoms with Crippen LogP contribution in [0.4, 0.5) is 23.7 Å². The first-order valence-electron chi connectivity index (χ1n) is 11.6. The Labute approximate surface area is 198 Å². The smallest absolute Gasteiger partial charge is 0.425 e. The largest absolute Gasteiger partial charge is 0.481 e. The summed E-state index contributed by atoms with van der Waals surface area (Å²) in [6, 6.07) is 6.21. The molecule has 2 unspecified atom stereocenters. The molecular weight excluding hydrogens is 451 g/mol. The van der Waals surface area contributed by atoms with Gasteiger partial charge in [0.15, 0.2) is 6.10 Å². The first kappa shape index (κ1) is 26.1. The molecule has 34 heavy (non-hydrogen) atoms. The summed E-state index contributed by atoms with van der Waals surface area (Å²) in [5, 5.41) is 9.37. The molecule has 0 bridgehead atoms. The maximum absolute atomic E-state index is 12.7. The number of nitrogens with zero attached hydrogens (tertiary/aromatic N) is 3. The van der Waals surface area contributed by atoms with Crippen molar-refractivity contribution in [2.24, 2.45) is 5.92 Å². The molecule has 2 atom stereocenters. The number of benzene rings is 1. The zero-order chi connectivity index (χ0) is 25.3. The molecule has 7 nitrogen and oxygen atoms in total. The number of ether oxygens (including phenoxy) is 1. The molecule has 1 aromatic carbocycles. The number of aliphatic carboxylic acids is 1. The van der Waals surface area contributed by atoms with Crippen molar-refractivity contribution in [1.82, 2.24) is 9.80 Å². The van der Waals surface area contributed by atoms with E-state index < -0.39 is 24.3 Å². The first-order chi connectivity index (χ1) is 15.8. The molecule has 2 saturated heterocycles. The average Bonchev–Trinajstić information content (AvgIpc) is 3.25. The molecule has 0 radical (unpaired) electrons. The minimum Gasteiger partial charge on any atom is -0.481 e. The molecular formula is C24H34F3N3O4. The van der Waals surface area contributed by atoms with Crippen LogP contribution in [0.25, 0.3) is 0 Å². The lowest BCUT2D eigenvalue weighted by molar-refractivity contribution is -0.200. The van der Waals surface area contributed by atoms with Crippen LogP contribution in [0.1, 0.15) is 44.2 Å². The van der Waals surface area contributed by atoms with Crippen LogP contribution < -0.4 is 4.90 Å². The van der Waals surface area contributed by atoms with Crippen molar-refractivity contribution >= 4 is 17.7 Å². The number of alkyl halides is 3. The zero-order valence-electron chi connectivity index (χ0n) is 20.2. The van der Waals surface area contributed by atoms with E-state index in [1.165, 1.54) is 4.90 Å². The molecule has 0 aliphatic carbocycles. The fourth-order valence-electron chi connectivity index (χ4n) is 4.57. The lowest BCUT2D eigenvalue weighted by Crippen LogP contribution is -2.53. The van der Waals surface area contributed by atoms with Crippen LogP contribution in [0, 0.1) is 12.8 Å². The molecule has 1 N–H and O–H groups in total. The predicted octanol–water partition coefficient (Wildman–Crippen LogP) is 4.28. The van der Waals surface area contributed by atoms with E-state index in [2.05, 4.69) is 33.6 Å². The number of amides is 1. The van der Waals surface area contributed by atoms with E-state index in [0.717, 1.165) is 23.7 Å². The number of anilines is 1. The lowest BCUT2D eigenvalue weighted by Gasteiger charge is -2.45. The third-order valence-corrected chi connectivity index (χ3v) is 7.29. The number of hydrogen-bond acceptors (Lipinski definition) is 5. The van der Waals surface area contributed by atoms with Gasteiger partial charge in [0.05, 0.1) is 5.92 Å². The Balaban J connectivity index is 1.64. The summed E-state index contributed by atoms with van der Waals surface area (Å²) in [4.78, 5) is 29.3. The Morgan fingerprint density at radius 3 is 2.47 bits per heavy atom. The van der Waals surface area contributed by atoms with Gasteiger partial charge in [-0.05, 0) is 64.3 Å². The number of piperidine rings is 1. The van der Waals surface area contributed by atoms with Crippen molar-refractivity contribution in [2.45, 2.75) is 64.4 Å². The second-order valence-corrected chi connectivity index (χ2v) is 9.81. The maximum atomic E-state index is 12.7. The Morgan fingerprint density at radius 1 is 1.26 bits per heavy atom. The van der Waals surface area contributed by atoms with E-state index in [4.69, 9.17) is 0 Å². The molecule has 2 aliphatic heterocycles. The van der Waals surface area contributed by atoms with Gasteiger partial charge in [0.1, 0.15) is 0 Å². The fraction of sp³-hybridized carbons (Fsp3) is 0.667. The summed E-state index contributed by atoms with van der Waals surface area (Å²) in [6.45, 7) is 7.39. The minimum atomic E-state index is -4.58. The Hall–Kier alpha value is -2.49. The number of carboxylic acid groups (broad SMARTS) is 1. The van der Waals surface area contributed by atoms with Gasteiger partial charge in [-0.25, -0.2) is 4.79 Å². The van der Waals surface area contributed by atoms with Gasteiger partial charge in [-0.15, -0.1) is 0 Å². The van der Waals surface area contributed by atoms with Gasteiger partial charge >= 0.3 is 18.2 Å². The second-order valence-electron chi connectivity index (χ2n) is 9.81. The molecule has 1 aromatic rings. The number of carbonyl (C=O) groups excluding carboxylic acids is 1. The minimum absolute atomic E-state index is 0.247. The highest BCUT2D eigenvalue weighted by atomic mass is 19.4. The molecule has 2 aliphatic rings. The monoisotopic (exact) mass is 485 g/mol. The number of rotatable bonds is 6. The number of carboxylic acids is 1. The van der Waals surface area contributed by atoms with E-state index in [-0.39, 0.29) is 11.5 Å². The Kier molecular flexibility index (Phi) is 7.69. The maximum Gasteiger partial charge on any atom is 0.425 e. The molecule has 190 valence electrons. The topological polar surface area (TPSA) is 73.3 Å². The molecule has 2 fully saturated rings. The van der Waals surface area contributed by atoms with Crippen molar-refractivity contribution in [3.05, 3.63) is 29.3 Å². The average molecular weight is 486 g/mol. The number of aryl methyl sites for hydroxylation is 1. The summed E-state index contributed by atoms with van der Waals surface area (Å²) in [5.41, 5.74) is 3.00. The Morgan fingerprint density at radius 2 is 1.91 bits per heavy atom. The molecule has 0 spiro atoms. The zero-order valence-corrected chi connectivity index (χ0v) is 20.2. The van der Waals surface area contributed by atoms with Crippen LogP contribution in [0.15, 0.2) is 18.2 Å². The number of carbonyl (C=O) groups is 2. The van der Waals surface area contributed by atoms with Crippen LogP contribution in [-0.4, -0.2) is 78.0 Å². The number of halogens is 3. The van der Waals surface area contributed by atoms with Gasteiger partial charge in [0.2, 0.25) is 0 Å². The van der Waals surface area contributed by atoms with Crippen LogP contribution >= 0.6 is 0 Å². The number of hydrogen-bond donors (Lipinski definition) is 1. The SMILES string of the molecule is Cc1ccc(CN(C)C2(C)CCN(C(=O)OC(C)C(F)(F)F)CC2)c(N2CCC(C(=O)O)C2)c1. The van der Waals surface area contributed by atoms with E-state index in [1.807, 2.05) is 20.0 Å². The van der Waals surface area contributed by atoms with Gasteiger partial charge in [0.25, 0.3) is 0 Å². The van der Waals surface area contributed by atoms with Crippen LogP contribution in [0.5, 0.6) is 0 Å². The Bertz CT molecular complexity index is 900. The second kappa shape index (κ2) is 10.0. The predicted molar refractivity (Wildman–Crippen MR) is 122 cm³/mol. The summed E-state index contributed by atoms with van der Waals surface area (Å²) < 4.78 is 42.7. The molecule has 0 aromatic heterocycles. The fourth-order valence-corrected chi connectivity index (χ4v) is 4.57. The lowest BCUT2D eigenvalue weighted by atomic mass is 9.87. The summed E-state index contributed by atoms with van der Waals surface area (Å²) >= 11 is 0. The summed E-state index contributed by atoms with van der Waals surface area (Å²) in [5.74, 6) is -1.14. The highest BCUT2D eigenvalue weighted by Crippen LogP contribution is 2.34. The van der Waals surface area contributed by atoms with E-state index >= 15 is 0 Å². The quantitative estimate of drug-likeness (QED) is 0.649. The van der Waals surface area contributed by atoms with Gasteiger partial charge in [-0.1, -0.05) is 12.1 Å². The normalized spacial score (nSPS) is 21.6. The highest BCUT2D eigenvalue weighted by molar-refractivity contribution is 5.72. The van der Waals surface area contributed by atoms with Gasteiger partial charge in [0, 0.05) is 44.0 Å². The summed E-state index contributed by atoms with van der Waals surface area (Å²) in [7, 11) is 2.01. The van der Waals surface area contributed by atoms with E-state index in [0.29, 0.717) is 52.0 Å². The summed E-state index contributed by atoms with van der Waals surface area (Å²) in [6.07, 6.45) is -5.82. The van der Waals surface area contributed by atoms with Gasteiger partial charge in [-0.2, -0.15) is 13.2 Å². The standard InChI is InChI=1S/C24H34F3N3O4/c1-16-5-6-18(20(13-16)30-10-7-19(15-30)21(31)32)14-28(4)23(3)8-11-29(12-9-23)22(33)34-17(2)24(25,26)27/h5-6,13,17,19H,7-12,14-15H2,1-4H3,(H,31,32). The molecule has 3 rings (SSSR count). The van der Waals surface area contributed by atoms with Crippen molar-refractivity contribution < 1.29 is 32.6 Å². The van der Waals surface area contributed by atoms with Crippen LogP contribution in [0.3, 0.4) is 0 Å². The van der Waals surface area contributed by atoms with Crippen molar-refractivity contribution in [3.63, 3.8) is 0 Å². The first-order valence-corrected chi connectivity index (χ1v) is 11.6. The van der Waals surface area contributed by atoms with E-state index in [1.54, 1.807) is 0 Å².